The van der Waals surface area contributed by atoms with Crippen LogP contribution in [0.3, 0.4) is 0 Å². The molecule has 4 nitrogen and oxygen atoms in total. The van der Waals surface area contributed by atoms with Crippen LogP contribution in [0.5, 0.6) is 0 Å². The Kier molecular flexibility index (Phi) is 3.80. The lowest BCUT2D eigenvalue weighted by Crippen LogP contribution is -2.18. The molecular weight excluding hydrogens is 242 g/mol. The third kappa shape index (κ3) is 2.91. The molecule has 0 saturated carbocycles. The van der Waals surface area contributed by atoms with Crippen molar-refractivity contribution in [3.05, 3.63) is 69.6 Å². The van der Waals surface area contributed by atoms with E-state index in [4.69, 9.17) is 0 Å². The van der Waals surface area contributed by atoms with Crippen molar-refractivity contribution in [2.24, 2.45) is 0 Å². The quantitative estimate of drug-likeness (QED) is 0.790. The number of ether oxygens (including phenoxy) is 1. The van der Waals surface area contributed by atoms with Gasteiger partial charge in [-0.05, 0) is 36.2 Å². The molecule has 0 amide bonds. The van der Waals surface area contributed by atoms with Crippen LogP contribution in [0.1, 0.15) is 21.5 Å². The molecule has 0 aliphatic rings. The van der Waals surface area contributed by atoms with E-state index >= 15 is 0 Å². The first kappa shape index (κ1) is 13.1. The van der Waals surface area contributed by atoms with Gasteiger partial charge in [0.25, 0.3) is 5.56 Å². The number of benzene rings is 1. The Hall–Kier alpha value is -2.36. The molecule has 0 N–H and O–H groups in total. The van der Waals surface area contributed by atoms with Gasteiger partial charge in [0.1, 0.15) is 0 Å². The number of carbonyl (C=O) groups is 1. The molecule has 19 heavy (non-hydrogen) atoms. The van der Waals surface area contributed by atoms with Gasteiger partial charge in [0.2, 0.25) is 0 Å². The number of pyridine rings is 1. The number of methoxy groups -OCH3 is 1. The summed E-state index contributed by atoms with van der Waals surface area (Å²) in [4.78, 5) is 23.1. The smallest absolute Gasteiger partial charge is 0.337 e. The second-order valence-corrected chi connectivity index (χ2v) is 4.30. The standard InChI is InChI=1S/C15H15NO3/c1-11-9-12(15(18)19-2)6-7-13(11)10-16-8-4-3-5-14(16)17/h3-9H,10H2,1-2H3. The highest BCUT2D eigenvalue weighted by molar-refractivity contribution is 5.89. The Morgan fingerprint density at radius 1 is 1.26 bits per heavy atom. The number of carbonyl (C=O) groups excluding carboxylic acids is 1. The van der Waals surface area contributed by atoms with Gasteiger partial charge < -0.3 is 9.30 Å². The minimum Gasteiger partial charge on any atom is -0.465 e. The van der Waals surface area contributed by atoms with Crippen LogP contribution in [-0.2, 0) is 11.3 Å². The van der Waals surface area contributed by atoms with E-state index in [0.717, 1.165) is 11.1 Å². The van der Waals surface area contributed by atoms with Crippen molar-refractivity contribution in [1.82, 2.24) is 4.57 Å². The molecule has 1 heterocycles. The summed E-state index contributed by atoms with van der Waals surface area (Å²) in [5, 5.41) is 0. The van der Waals surface area contributed by atoms with Crippen molar-refractivity contribution in [2.45, 2.75) is 13.5 Å². The normalized spacial score (nSPS) is 10.2. The lowest BCUT2D eigenvalue weighted by atomic mass is 10.0. The number of hydrogen-bond acceptors (Lipinski definition) is 3. The zero-order valence-corrected chi connectivity index (χ0v) is 10.9. The molecule has 1 aromatic heterocycles. The third-order valence-electron chi connectivity index (χ3n) is 3.00. The molecule has 4 heteroatoms. The van der Waals surface area contributed by atoms with Gasteiger partial charge >= 0.3 is 5.97 Å². The Morgan fingerprint density at radius 2 is 2.05 bits per heavy atom. The second kappa shape index (κ2) is 5.52. The fourth-order valence-electron chi connectivity index (χ4n) is 1.89. The summed E-state index contributed by atoms with van der Waals surface area (Å²) in [7, 11) is 1.36. The first-order valence-electron chi connectivity index (χ1n) is 5.95. The van der Waals surface area contributed by atoms with E-state index in [0.29, 0.717) is 12.1 Å². The number of hydrogen-bond donors (Lipinski definition) is 0. The number of rotatable bonds is 3. The highest BCUT2D eigenvalue weighted by Gasteiger charge is 2.08. The highest BCUT2D eigenvalue weighted by Crippen LogP contribution is 2.13. The fraction of sp³-hybridized carbons (Fsp3) is 0.200. The first-order chi connectivity index (χ1) is 9.11. The summed E-state index contributed by atoms with van der Waals surface area (Å²) in [6.45, 7) is 2.41. The summed E-state index contributed by atoms with van der Waals surface area (Å²) in [5.41, 5.74) is 2.43. The average Bonchev–Trinajstić information content (AvgIpc) is 2.42. The van der Waals surface area contributed by atoms with Gasteiger partial charge in [-0.1, -0.05) is 12.1 Å². The number of aryl methyl sites for hydroxylation is 1. The molecule has 2 rings (SSSR count). The van der Waals surface area contributed by atoms with Crippen molar-refractivity contribution in [3.63, 3.8) is 0 Å². The fourth-order valence-corrected chi connectivity index (χ4v) is 1.89. The largest absolute Gasteiger partial charge is 0.465 e. The summed E-state index contributed by atoms with van der Waals surface area (Å²) in [5.74, 6) is -0.355. The zero-order valence-electron chi connectivity index (χ0n) is 10.9. The SMILES string of the molecule is COC(=O)c1ccc(Cn2ccccc2=O)c(C)c1. The Morgan fingerprint density at radius 3 is 2.68 bits per heavy atom. The molecule has 0 radical (unpaired) electrons. The van der Waals surface area contributed by atoms with Gasteiger partial charge in [0.05, 0.1) is 19.2 Å². The molecule has 98 valence electrons. The van der Waals surface area contributed by atoms with Crippen LogP contribution in [0.15, 0.2) is 47.4 Å². The van der Waals surface area contributed by atoms with Crippen molar-refractivity contribution in [1.29, 1.82) is 0 Å². The van der Waals surface area contributed by atoms with Crippen LogP contribution < -0.4 is 5.56 Å². The summed E-state index contributed by atoms with van der Waals surface area (Å²) < 4.78 is 6.30. The molecule has 0 aliphatic carbocycles. The Labute approximate surface area is 111 Å². The van der Waals surface area contributed by atoms with Crippen LogP contribution in [0.2, 0.25) is 0 Å². The average molecular weight is 257 g/mol. The molecule has 0 unspecified atom stereocenters. The van der Waals surface area contributed by atoms with E-state index in [9.17, 15) is 9.59 Å². The number of aromatic nitrogens is 1. The minimum absolute atomic E-state index is 0.0426. The maximum atomic E-state index is 11.6. The first-order valence-corrected chi connectivity index (χ1v) is 5.95. The van der Waals surface area contributed by atoms with E-state index < -0.39 is 0 Å². The Bertz CT molecular complexity index is 658. The lowest BCUT2D eigenvalue weighted by molar-refractivity contribution is 0.0600. The van der Waals surface area contributed by atoms with Crippen molar-refractivity contribution in [2.75, 3.05) is 7.11 Å². The molecule has 2 aromatic rings. The van der Waals surface area contributed by atoms with Gasteiger partial charge in [-0.3, -0.25) is 4.79 Å². The van der Waals surface area contributed by atoms with Crippen LogP contribution in [0.25, 0.3) is 0 Å². The van der Waals surface area contributed by atoms with E-state index in [1.165, 1.54) is 13.2 Å². The maximum Gasteiger partial charge on any atom is 0.337 e. The molecule has 0 atom stereocenters. The topological polar surface area (TPSA) is 48.3 Å². The molecule has 0 fully saturated rings. The second-order valence-electron chi connectivity index (χ2n) is 4.30. The summed E-state index contributed by atoms with van der Waals surface area (Å²) >= 11 is 0. The van der Waals surface area contributed by atoms with E-state index in [1.54, 1.807) is 29.0 Å². The van der Waals surface area contributed by atoms with Crippen molar-refractivity contribution < 1.29 is 9.53 Å². The predicted molar refractivity (Wildman–Crippen MR) is 72.3 cm³/mol. The summed E-state index contributed by atoms with van der Waals surface area (Å²) in [6.07, 6.45) is 1.75. The maximum absolute atomic E-state index is 11.6. The molecule has 1 aromatic carbocycles. The number of nitrogens with zero attached hydrogens (tertiary/aromatic N) is 1. The minimum atomic E-state index is -0.355. The van der Waals surface area contributed by atoms with E-state index in [-0.39, 0.29) is 11.5 Å². The van der Waals surface area contributed by atoms with Gasteiger partial charge in [0, 0.05) is 12.3 Å². The highest BCUT2D eigenvalue weighted by atomic mass is 16.5. The third-order valence-corrected chi connectivity index (χ3v) is 3.00. The zero-order chi connectivity index (χ0) is 13.8. The van der Waals surface area contributed by atoms with Gasteiger partial charge in [-0.15, -0.1) is 0 Å². The van der Waals surface area contributed by atoms with E-state index in [1.807, 2.05) is 19.1 Å². The van der Waals surface area contributed by atoms with Crippen LogP contribution in [-0.4, -0.2) is 17.6 Å². The molecule has 0 spiro atoms. The lowest BCUT2D eigenvalue weighted by Gasteiger charge is -2.09. The predicted octanol–water partition coefficient (Wildman–Crippen LogP) is 1.99. The molecule has 0 bridgehead atoms. The van der Waals surface area contributed by atoms with Crippen LogP contribution in [0.4, 0.5) is 0 Å². The molecular formula is C15H15NO3. The van der Waals surface area contributed by atoms with Crippen molar-refractivity contribution >= 4 is 5.97 Å². The van der Waals surface area contributed by atoms with E-state index in [2.05, 4.69) is 4.74 Å². The van der Waals surface area contributed by atoms with Crippen LogP contribution >= 0.6 is 0 Å². The van der Waals surface area contributed by atoms with Crippen molar-refractivity contribution in [3.8, 4) is 0 Å². The van der Waals surface area contributed by atoms with Crippen LogP contribution in [0, 0.1) is 6.92 Å². The summed E-state index contributed by atoms with van der Waals surface area (Å²) in [6, 6.07) is 10.4. The van der Waals surface area contributed by atoms with Gasteiger partial charge in [-0.2, -0.15) is 0 Å². The number of esters is 1. The monoisotopic (exact) mass is 257 g/mol. The molecule has 0 aliphatic heterocycles. The molecule has 0 saturated heterocycles. The Balaban J connectivity index is 2.30. The van der Waals surface area contributed by atoms with Gasteiger partial charge in [0.15, 0.2) is 0 Å². The van der Waals surface area contributed by atoms with Gasteiger partial charge in [-0.25, -0.2) is 4.79 Å².